The molecule has 1 amide bonds. The third-order valence-electron chi connectivity index (χ3n) is 5.49. The average Bonchev–Trinajstić information content (AvgIpc) is 3.33. The van der Waals surface area contributed by atoms with Crippen molar-refractivity contribution in [2.45, 2.75) is 37.8 Å². The Bertz CT molecular complexity index is 917. The fraction of sp³-hybridized carbons (Fsp3) is 0.364. The molecule has 30 heavy (non-hydrogen) atoms. The van der Waals surface area contributed by atoms with Gasteiger partial charge in [-0.05, 0) is 42.7 Å². The highest BCUT2D eigenvalue weighted by molar-refractivity contribution is 14.0. The normalized spacial score (nSPS) is 20.7. The molecule has 0 radical (unpaired) electrons. The molecule has 2 fully saturated rings. The minimum Gasteiger partial charge on any atom is -0.353 e. The third-order valence-corrected chi connectivity index (χ3v) is 5.82. The van der Waals surface area contributed by atoms with Gasteiger partial charge in [0.05, 0.1) is 0 Å². The van der Waals surface area contributed by atoms with Crippen LogP contribution in [-0.2, 0) is 11.3 Å². The first-order valence-corrected chi connectivity index (χ1v) is 10.2. The lowest BCUT2D eigenvalue weighted by molar-refractivity contribution is -0.117. The van der Waals surface area contributed by atoms with Gasteiger partial charge in [-0.2, -0.15) is 0 Å². The maximum Gasteiger partial charge on any atom is 0.227 e. The number of rotatable bonds is 5. The Labute approximate surface area is 198 Å². The van der Waals surface area contributed by atoms with Gasteiger partial charge in [-0.1, -0.05) is 29.8 Å². The van der Waals surface area contributed by atoms with Crippen molar-refractivity contribution in [3.8, 4) is 0 Å². The van der Waals surface area contributed by atoms with Crippen LogP contribution in [0.4, 0.5) is 10.1 Å². The van der Waals surface area contributed by atoms with Gasteiger partial charge in [0, 0.05) is 54.8 Å². The van der Waals surface area contributed by atoms with Gasteiger partial charge >= 0.3 is 0 Å². The largest absolute Gasteiger partial charge is 0.353 e. The summed E-state index contributed by atoms with van der Waals surface area (Å²) in [5, 5.41) is 7.10. The molecule has 2 N–H and O–H groups in total. The van der Waals surface area contributed by atoms with Crippen LogP contribution >= 0.6 is 35.6 Å². The van der Waals surface area contributed by atoms with Crippen molar-refractivity contribution in [1.29, 1.82) is 0 Å². The van der Waals surface area contributed by atoms with E-state index in [1.54, 1.807) is 19.2 Å². The van der Waals surface area contributed by atoms with E-state index < -0.39 is 0 Å². The number of carbonyl (C=O) groups is 1. The molecule has 2 aromatic rings. The molecule has 1 saturated carbocycles. The Kier molecular flexibility index (Phi) is 7.57. The van der Waals surface area contributed by atoms with Gasteiger partial charge in [0.25, 0.3) is 0 Å². The monoisotopic (exact) mass is 542 g/mol. The van der Waals surface area contributed by atoms with Crippen molar-refractivity contribution in [3.05, 3.63) is 64.4 Å². The van der Waals surface area contributed by atoms with Gasteiger partial charge in [-0.15, -0.1) is 24.0 Å². The first-order valence-electron chi connectivity index (χ1n) is 9.87. The smallest absolute Gasteiger partial charge is 0.227 e. The van der Waals surface area contributed by atoms with Gasteiger partial charge in [0.1, 0.15) is 5.82 Å². The number of hydrogen-bond donors (Lipinski definition) is 2. The third kappa shape index (κ3) is 5.06. The summed E-state index contributed by atoms with van der Waals surface area (Å²) in [6.45, 7) is 1.40. The average molecular weight is 543 g/mol. The van der Waals surface area contributed by atoms with E-state index in [2.05, 4.69) is 15.6 Å². The zero-order valence-electron chi connectivity index (χ0n) is 16.7. The number of anilines is 1. The minimum absolute atomic E-state index is 0. The van der Waals surface area contributed by atoms with Crippen molar-refractivity contribution in [2.75, 3.05) is 18.5 Å². The molecule has 1 aliphatic carbocycles. The highest BCUT2D eigenvalue weighted by Crippen LogP contribution is 2.44. The summed E-state index contributed by atoms with van der Waals surface area (Å²) >= 11 is 6.17. The molecule has 2 aromatic carbocycles. The molecule has 1 aliphatic heterocycles. The van der Waals surface area contributed by atoms with Crippen molar-refractivity contribution < 1.29 is 9.18 Å². The van der Waals surface area contributed by atoms with Crippen LogP contribution in [0.3, 0.4) is 0 Å². The van der Waals surface area contributed by atoms with Gasteiger partial charge in [-0.25, -0.2) is 4.39 Å². The molecule has 4 rings (SSSR count). The second-order valence-electron chi connectivity index (χ2n) is 7.47. The molecule has 2 aliphatic rings. The number of nitrogens with zero attached hydrogens (tertiary/aromatic N) is 2. The van der Waals surface area contributed by atoms with Gasteiger partial charge in [0.15, 0.2) is 5.96 Å². The lowest BCUT2D eigenvalue weighted by Crippen LogP contribution is -2.38. The summed E-state index contributed by atoms with van der Waals surface area (Å²) < 4.78 is 14.1. The molecule has 2 unspecified atom stereocenters. The number of aliphatic imine (C=N–C) groups is 1. The summed E-state index contributed by atoms with van der Waals surface area (Å²) in [5.41, 5.74) is 2.61. The number of guanidine groups is 1. The van der Waals surface area contributed by atoms with Crippen LogP contribution in [0.25, 0.3) is 0 Å². The highest BCUT2D eigenvalue weighted by atomic mass is 127. The molecule has 0 aromatic heterocycles. The van der Waals surface area contributed by atoms with Crippen LogP contribution in [0, 0.1) is 5.82 Å². The Morgan fingerprint density at radius 2 is 2.03 bits per heavy atom. The Balaban J connectivity index is 0.00000256. The van der Waals surface area contributed by atoms with Crippen LogP contribution in [0.1, 0.15) is 36.3 Å². The maximum absolute atomic E-state index is 14.1. The van der Waals surface area contributed by atoms with Crippen LogP contribution in [-0.4, -0.2) is 31.5 Å². The zero-order chi connectivity index (χ0) is 20.4. The first-order chi connectivity index (χ1) is 14.1. The SMILES string of the molecule is CN=C(NCc1ccc(N2CCCC2=O)cc1)NC1CC1c1c(F)cccc1Cl.I. The van der Waals surface area contributed by atoms with Crippen LogP contribution in [0.2, 0.25) is 5.02 Å². The van der Waals surface area contributed by atoms with Crippen molar-refractivity contribution in [3.63, 3.8) is 0 Å². The molecular formula is C22H25ClFIN4O. The number of hydrogen-bond acceptors (Lipinski definition) is 2. The first kappa shape index (κ1) is 22.8. The number of amides is 1. The molecule has 5 nitrogen and oxygen atoms in total. The maximum atomic E-state index is 14.1. The summed E-state index contributed by atoms with van der Waals surface area (Å²) in [5.74, 6) is 0.657. The lowest BCUT2D eigenvalue weighted by atomic mass is 10.1. The van der Waals surface area contributed by atoms with E-state index in [-0.39, 0.29) is 47.7 Å². The van der Waals surface area contributed by atoms with Gasteiger partial charge in [0.2, 0.25) is 5.91 Å². The predicted octanol–water partition coefficient (Wildman–Crippen LogP) is 4.45. The predicted molar refractivity (Wildman–Crippen MR) is 129 cm³/mol. The number of benzene rings is 2. The molecule has 8 heteroatoms. The standard InChI is InChI=1S/C22H24ClFN4O.HI/c1-25-22(27-19-12-16(19)21-17(23)4-2-5-18(21)24)26-13-14-7-9-15(10-8-14)28-11-3-6-20(28)29;/h2,4-5,7-10,16,19H,3,6,11-13H2,1H3,(H2,25,26,27);1H. The molecular weight excluding hydrogens is 518 g/mol. The number of halogens is 3. The van der Waals surface area contributed by atoms with E-state index in [0.29, 0.717) is 29.5 Å². The molecule has 1 heterocycles. The van der Waals surface area contributed by atoms with Crippen LogP contribution in [0.15, 0.2) is 47.5 Å². The Hall–Kier alpha value is -1.87. The Morgan fingerprint density at radius 3 is 2.67 bits per heavy atom. The number of carbonyl (C=O) groups excluding carboxylic acids is 1. The molecule has 2 atom stereocenters. The Morgan fingerprint density at radius 1 is 1.27 bits per heavy atom. The van der Waals surface area contributed by atoms with E-state index in [1.807, 2.05) is 29.2 Å². The van der Waals surface area contributed by atoms with E-state index in [1.165, 1.54) is 6.07 Å². The molecule has 160 valence electrons. The van der Waals surface area contributed by atoms with Crippen molar-refractivity contribution >= 4 is 53.1 Å². The second kappa shape index (κ2) is 9.96. The van der Waals surface area contributed by atoms with Gasteiger partial charge < -0.3 is 15.5 Å². The van der Waals surface area contributed by atoms with Crippen LogP contribution < -0.4 is 15.5 Å². The van der Waals surface area contributed by atoms with E-state index in [4.69, 9.17) is 11.6 Å². The molecule has 1 saturated heterocycles. The fourth-order valence-electron chi connectivity index (χ4n) is 3.81. The topological polar surface area (TPSA) is 56.7 Å². The lowest BCUT2D eigenvalue weighted by Gasteiger charge is -2.16. The fourth-order valence-corrected chi connectivity index (χ4v) is 4.11. The number of nitrogens with one attached hydrogen (secondary N) is 2. The summed E-state index contributed by atoms with van der Waals surface area (Å²) in [4.78, 5) is 17.9. The highest BCUT2D eigenvalue weighted by Gasteiger charge is 2.41. The second-order valence-corrected chi connectivity index (χ2v) is 7.88. The van der Waals surface area contributed by atoms with Crippen LogP contribution in [0.5, 0.6) is 0 Å². The molecule has 0 spiro atoms. The van der Waals surface area contributed by atoms with Crippen molar-refractivity contribution in [1.82, 2.24) is 10.6 Å². The molecule has 0 bridgehead atoms. The summed E-state index contributed by atoms with van der Waals surface area (Å²) in [6.07, 6.45) is 2.37. The minimum atomic E-state index is -0.258. The van der Waals surface area contributed by atoms with E-state index >= 15 is 0 Å². The van der Waals surface area contributed by atoms with E-state index in [9.17, 15) is 9.18 Å². The summed E-state index contributed by atoms with van der Waals surface area (Å²) in [6, 6.07) is 12.9. The quantitative estimate of drug-likeness (QED) is 0.334. The van der Waals surface area contributed by atoms with E-state index in [0.717, 1.165) is 30.6 Å². The van der Waals surface area contributed by atoms with Gasteiger partial charge in [-0.3, -0.25) is 9.79 Å². The zero-order valence-corrected chi connectivity index (χ0v) is 19.8. The summed E-state index contributed by atoms with van der Waals surface area (Å²) in [7, 11) is 1.71. The van der Waals surface area contributed by atoms with Crippen molar-refractivity contribution in [2.24, 2.45) is 4.99 Å².